The number of carbonyl (C=O) groups excluding carboxylic acids is 16. The molecule has 0 heterocycles. The zero-order valence-corrected chi connectivity index (χ0v) is 83.2. The van der Waals surface area contributed by atoms with Gasteiger partial charge in [0.2, 0.25) is 41.4 Å². The second kappa shape index (κ2) is 54.8. The number of amides is 7. The molecule has 0 atom stereocenters. The molecule has 0 aromatic heterocycles. The van der Waals surface area contributed by atoms with E-state index in [9.17, 15) is 76.7 Å². The molecule has 39 heteroatoms. The Bertz CT molecular complexity index is 2970. The maximum Gasteiger partial charge on any atom is 0.311 e. The van der Waals surface area contributed by atoms with Gasteiger partial charge in [-0.05, 0) is 187 Å². The minimum atomic E-state index is -1.53. The Kier molecular flexibility index (Phi) is 52.3. The molecule has 0 spiro atoms. The molecule has 723 valence electrons. The summed E-state index contributed by atoms with van der Waals surface area (Å²) in [6, 6.07) is 0. The second-order valence-electron chi connectivity index (χ2n) is 41.1. The summed E-state index contributed by atoms with van der Waals surface area (Å²) in [7, 11) is 0. The Morgan fingerprint density at radius 2 is 0.397 bits per heavy atom. The minimum Gasteiger partial charge on any atom is -0.464 e. The number of hydrogen-bond donors (Lipinski definition) is 8. The molecule has 0 unspecified atom stereocenters. The fraction of sp³-hybridized carbons (Fsp3) is 0.816. The molecule has 0 saturated heterocycles. The number of nitrogens with one attached hydrogen (secondary N) is 7. The van der Waals surface area contributed by atoms with Gasteiger partial charge in [-0.15, -0.1) is 0 Å². The number of hydrogen-bond acceptors (Lipinski definition) is 31. The number of nitrogens with two attached hydrogens (primary N) is 1. The van der Waals surface area contributed by atoms with Crippen molar-refractivity contribution in [1.82, 2.24) is 37.2 Å². The van der Waals surface area contributed by atoms with Gasteiger partial charge in [-0.1, -0.05) is 0 Å². The number of rotatable bonds is 55. The predicted molar refractivity (Wildman–Crippen MR) is 456 cm³/mol. The molecule has 1 radical (unpaired) electrons. The summed E-state index contributed by atoms with van der Waals surface area (Å²) < 4.78 is 80.3. The van der Waals surface area contributed by atoms with E-state index >= 15 is 0 Å². The maximum atomic E-state index is 14.0. The van der Waals surface area contributed by atoms with Crippen molar-refractivity contribution in [3.05, 3.63) is 0 Å². The molecular formula is C87H152N8O30Y. The van der Waals surface area contributed by atoms with E-state index in [1.807, 2.05) is 0 Å². The molecule has 0 aromatic rings. The van der Waals surface area contributed by atoms with Gasteiger partial charge >= 0.3 is 53.7 Å². The van der Waals surface area contributed by atoms with Crippen LogP contribution >= 0.6 is 0 Å². The fourth-order valence-electron chi connectivity index (χ4n) is 9.30. The molecule has 0 aliphatic rings. The van der Waals surface area contributed by atoms with Gasteiger partial charge < -0.3 is 109 Å². The van der Waals surface area contributed by atoms with E-state index in [1.165, 1.54) is 0 Å². The van der Waals surface area contributed by atoms with Crippen molar-refractivity contribution in [3.8, 4) is 0 Å². The van der Waals surface area contributed by atoms with E-state index in [0.717, 1.165) is 0 Å². The summed E-state index contributed by atoms with van der Waals surface area (Å²) in [5.74, 6) is -10.3. The average molecular weight is 1880 g/mol. The van der Waals surface area contributed by atoms with E-state index in [2.05, 4.69) is 37.2 Å². The Morgan fingerprint density at radius 3 is 0.595 bits per heavy atom. The molecule has 0 bridgehead atoms. The third-order valence-electron chi connectivity index (χ3n) is 17.7. The molecule has 0 aliphatic carbocycles. The molecule has 38 nitrogen and oxygen atoms in total. The monoisotopic (exact) mass is 1880 g/mol. The first-order chi connectivity index (χ1) is 57.1. The molecule has 126 heavy (non-hydrogen) atoms. The fourth-order valence-corrected chi connectivity index (χ4v) is 9.30. The largest absolute Gasteiger partial charge is 0.464 e. The maximum absolute atomic E-state index is 14.0. The third kappa shape index (κ3) is 52.1. The van der Waals surface area contributed by atoms with E-state index in [0.29, 0.717) is 0 Å². The van der Waals surface area contributed by atoms with Gasteiger partial charge in [0.25, 0.3) is 0 Å². The van der Waals surface area contributed by atoms with Crippen molar-refractivity contribution in [2.24, 2.45) is 76.1 Å². The van der Waals surface area contributed by atoms with Crippen LogP contribution in [0.5, 0.6) is 0 Å². The van der Waals surface area contributed by atoms with Crippen LogP contribution in [0.15, 0.2) is 0 Å². The van der Waals surface area contributed by atoms with Crippen molar-refractivity contribution < 1.29 is 176 Å². The standard InChI is InChI=1S/C87H152N8O30.Y/c1-75(2,3)66(103)117-50-85(51-118-67(104)76(4,5)6,52-119-68(105)77(7,8)9)47-114-40-63(100)89-33-28-59(96)93-43-84(46-113-39-36-92-62(99)31-37-112-38-32-88,44-94-60(97)29-34-90-64(101)41-115-48-86(53-120-69(106)78(10,11)12,54-121-70(107)79(13,14)15)55-122-71(108)80(16,17)18)45-95-61(98)30-35-91-65(102)42-116-49-87(56-123-72(109)81(19,20)21,57-124-73(110)82(22,23)24)58-125-74(111)83(25,26)27;/h28-58,88H2,1-27H3,(H,89,100)(H,90,101)(H,91,102)(H,92,99)(H,93,96)(H,94,97)(H,95,98);. The normalized spacial score (nSPS) is 12.6. The number of esters is 9. The van der Waals surface area contributed by atoms with E-state index in [4.69, 9.17) is 72.0 Å². The van der Waals surface area contributed by atoms with Crippen molar-refractivity contribution in [3.63, 3.8) is 0 Å². The first-order valence-electron chi connectivity index (χ1n) is 42.1. The van der Waals surface area contributed by atoms with Crippen LogP contribution in [-0.2, 0) is 176 Å². The third-order valence-corrected chi connectivity index (χ3v) is 17.7. The Labute approximate surface area is 770 Å². The molecule has 0 fully saturated rings. The second-order valence-corrected chi connectivity index (χ2v) is 41.1. The zero-order valence-electron chi connectivity index (χ0n) is 80.3. The summed E-state index contributed by atoms with van der Waals surface area (Å²) in [6.45, 7) is 34.3. The van der Waals surface area contributed by atoms with Crippen molar-refractivity contribution in [2.45, 2.75) is 213 Å². The topological polar surface area (TPSA) is 513 Å². The van der Waals surface area contributed by atoms with Crippen LogP contribution in [0, 0.1) is 70.4 Å². The van der Waals surface area contributed by atoms with Gasteiger partial charge in [-0.3, -0.25) is 76.7 Å². The van der Waals surface area contributed by atoms with Crippen LogP contribution in [0.2, 0.25) is 0 Å². The van der Waals surface area contributed by atoms with E-state index in [1.54, 1.807) is 187 Å². The summed E-state index contributed by atoms with van der Waals surface area (Å²) in [6.07, 6.45) is -1.15. The van der Waals surface area contributed by atoms with Crippen LogP contribution in [0.3, 0.4) is 0 Å². The van der Waals surface area contributed by atoms with Crippen LogP contribution in [0.25, 0.3) is 0 Å². The average Bonchev–Trinajstić information content (AvgIpc) is 0.835. The van der Waals surface area contributed by atoms with Gasteiger partial charge in [0.05, 0.1) is 111 Å². The summed E-state index contributed by atoms with van der Waals surface area (Å²) in [4.78, 5) is 213. The first-order valence-corrected chi connectivity index (χ1v) is 42.1. The summed E-state index contributed by atoms with van der Waals surface area (Å²) >= 11 is 0. The van der Waals surface area contributed by atoms with Crippen LogP contribution in [-0.4, -0.2) is 273 Å². The van der Waals surface area contributed by atoms with Gasteiger partial charge in [-0.2, -0.15) is 0 Å². The van der Waals surface area contributed by atoms with Crippen LogP contribution < -0.4 is 43.0 Å². The molecule has 0 aromatic carbocycles. The molecular weight excluding hydrogens is 1730 g/mol. The number of carbonyl (C=O) groups is 16. The summed E-state index contributed by atoms with van der Waals surface area (Å²) in [5, 5.41) is 18.8. The smallest absolute Gasteiger partial charge is 0.311 e. The van der Waals surface area contributed by atoms with Crippen molar-refractivity contribution in [2.75, 3.05) is 178 Å². The molecule has 7 amide bonds. The predicted octanol–water partition coefficient (Wildman–Crippen LogP) is 4.65. The first kappa shape index (κ1) is 120. The molecule has 0 saturated carbocycles. The summed E-state index contributed by atoms with van der Waals surface area (Å²) in [5.41, 5.74) is -9.41. The Hall–Kier alpha value is -7.62. The van der Waals surface area contributed by atoms with Gasteiger partial charge in [0, 0.05) is 116 Å². The molecule has 0 aliphatic heterocycles. The van der Waals surface area contributed by atoms with Crippen LogP contribution in [0.4, 0.5) is 0 Å². The SMILES string of the molecule is CC(C)(C)C(=O)OCC(COCC(=O)NCCC(=O)NCC(CNC(=O)CCNC(=O)COCC(COC(=O)C(C)(C)C)(COC(=O)C(C)(C)C)COC(=O)C(C)(C)C)(CNC(=O)CCNC(=O)COCC(COC(=O)C(C)(C)C)(COC(=O)C(C)(C)C)COC(=O)C(C)(C)C)COCCNC(=O)CCOCCN)(COC(=O)C(C)(C)C)COC(=O)C(C)(C)C.[Y]. The van der Waals surface area contributed by atoms with Gasteiger partial charge in [0.1, 0.15) is 79.3 Å². The van der Waals surface area contributed by atoms with Gasteiger partial charge in [0.15, 0.2) is 0 Å². The van der Waals surface area contributed by atoms with E-state index in [-0.39, 0.29) is 143 Å². The minimum absolute atomic E-state index is 0. The molecule has 0 rings (SSSR count). The van der Waals surface area contributed by atoms with Crippen molar-refractivity contribution in [1.29, 1.82) is 0 Å². The quantitative estimate of drug-likeness (QED) is 0.0233. The Balaban J connectivity index is 0. The van der Waals surface area contributed by atoms with Crippen LogP contribution in [0.1, 0.15) is 213 Å². The van der Waals surface area contributed by atoms with E-state index < -0.39 is 259 Å². The number of ether oxygens (including phenoxy) is 14. The molecule has 9 N–H and O–H groups in total. The van der Waals surface area contributed by atoms with Gasteiger partial charge in [-0.25, -0.2) is 0 Å². The Morgan fingerprint density at radius 1 is 0.206 bits per heavy atom. The van der Waals surface area contributed by atoms with Crippen molar-refractivity contribution >= 4 is 95.1 Å². The zero-order chi connectivity index (χ0) is 96.5.